The predicted molar refractivity (Wildman–Crippen MR) is 102 cm³/mol. The molecule has 0 amide bonds. The van der Waals surface area contributed by atoms with Gasteiger partial charge in [0.2, 0.25) is 0 Å². The Balaban J connectivity index is 2.21. The van der Waals surface area contributed by atoms with E-state index in [9.17, 15) is 9.18 Å². The van der Waals surface area contributed by atoms with Crippen LogP contribution in [0.5, 0.6) is 0 Å². The normalized spacial score (nSPS) is 12.1. The van der Waals surface area contributed by atoms with E-state index in [1.54, 1.807) is 0 Å². The summed E-state index contributed by atoms with van der Waals surface area (Å²) in [4.78, 5) is 12.2. The third kappa shape index (κ3) is 10.3. The van der Waals surface area contributed by atoms with E-state index in [1.807, 2.05) is 0 Å². The molecular weight excluding hydrogens is 315 g/mol. The van der Waals surface area contributed by atoms with Gasteiger partial charge in [0.05, 0.1) is 5.56 Å². The Morgan fingerprint density at radius 3 is 1.96 bits per heavy atom. The summed E-state index contributed by atoms with van der Waals surface area (Å²) in [5.74, 6) is -0.675. The highest BCUT2D eigenvalue weighted by Crippen LogP contribution is 2.17. The molecule has 0 bridgehead atoms. The van der Waals surface area contributed by atoms with E-state index in [2.05, 4.69) is 13.8 Å². The minimum absolute atomic E-state index is 0.0212. The van der Waals surface area contributed by atoms with Gasteiger partial charge in [0.25, 0.3) is 0 Å². The maximum atomic E-state index is 12.9. The first-order valence-corrected chi connectivity index (χ1v) is 10.1. The van der Waals surface area contributed by atoms with Crippen molar-refractivity contribution in [2.45, 2.75) is 97.0 Å². The maximum Gasteiger partial charge on any atom is 0.338 e. The molecule has 0 aliphatic rings. The van der Waals surface area contributed by atoms with Gasteiger partial charge in [-0.05, 0) is 43.5 Å². The molecule has 0 aliphatic carbocycles. The molecule has 25 heavy (non-hydrogen) atoms. The van der Waals surface area contributed by atoms with Crippen molar-refractivity contribution in [3.8, 4) is 0 Å². The fourth-order valence-electron chi connectivity index (χ4n) is 3.07. The Bertz CT molecular complexity index is 456. The van der Waals surface area contributed by atoms with Gasteiger partial charge >= 0.3 is 5.97 Å². The number of ether oxygens (including phenoxy) is 1. The van der Waals surface area contributed by atoms with Gasteiger partial charge in [-0.3, -0.25) is 0 Å². The maximum absolute atomic E-state index is 12.9. The van der Waals surface area contributed by atoms with Crippen molar-refractivity contribution in [3.63, 3.8) is 0 Å². The highest BCUT2D eigenvalue weighted by Gasteiger charge is 2.15. The SMILES string of the molecule is CCCCCCCCCCCC(CCC)OC(=O)c1ccc(F)cc1. The molecule has 0 N–H and O–H groups in total. The number of benzene rings is 1. The van der Waals surface area contributed by atoms with Gasteiger partial charge < -0.3 is 4.74 Å². The molecule has 0 fully saturated rings. The molecule has 0 radical (unpaired) electrons. The average Bonchev–Trinajstić information content (AvgIpc) is 2.61. The highest BCUT2D eigenvalue weighted by molar-refractivity contribution is 5.89. The Morgan fingerprint density at radius 1 is 0.840 bits per heavy atom. The molecule has 142 valence electrons. The molecule has 1 aromatic carbocycles. The zero-order valence-electron chi connectivity index (χ0n) is 16.1. The molecule has 0 saturated carbocycles. The van der Waals surface area contributed by atoms with E-state index in [-0.39, 0.29) is 17.9 Å². The highest BCUT2D eigenvalue weighted by atomic mass is 19.1. The van der Waals surface area contributed by atoms with Crippen LogP contribution in [0.4, 0.5) is 4.39 Å². The summed E-state index contributed by atoms with van der Waals surface area (Å²) >= 11 is 0. The number of carbonyl (C=O) groups excluding carboxylic acids is 1. The van der Waals surface area contributed by atoms with Gasteiger partial charge in [0.1, 0.15) is 11.9 Å². The number of rotatable bonds is 14. The lowest BCUT2D eigenvalue weighted by atomic mass is 10.0. The quantitative estimate of drug-likeness (QED) is 0.265. The van der Waals surface area contributed by atoms with Gasteiger partial charge in [-0.25, -0.2) is 9.18 Å². The van der Waals surface area contributed by atoms with Crippen LogP contribution in [0, 0.1) is 5.82 Å². The summed E-state index contributed by atoms with van der Waals surface area (Å²) in [5.41, 5.74) is 0.426. The van der Waals surface area contributed by atoms with Crippen molar-refractivity contribution in [2.75, 3.05) is 0 Å². The fraction of sp³-hybridized carbons (Fsp3) is 0.682. The van der Waals surface area contributed by atoms with Gasteiger partial charge in [-0.2, -0.15) is 0 Å². The minimum atomic E-state index is -0.339. The van der Waals surface area contributed by atoms with Crippen molar-refractivity contribution in [2.24, 2.45) is 0 Å². The van der Waals surface area contributed by atoms with Crippen molar-refractivity contribution < 1.29 is 13.9 Å². The molecule has 1 atom stereocenters. The first-order valence-electron chi connectivity index (χ1n) is 10.1. The molecule has 0 aromatic heterocycles. The molecule has 0 heterocycles. The molecule has 1 aromatic rings. The third-order valence-electron chi connectivity index (χ3n) is 4.59. The van der Waals surface area contributed by atoms with Crippen LogP contribution >= 0.6 is 0 Å². The number of hydrogen-bond acceptors (Lipinski definition) is 2. The van der Waals surface area contributed by atoms with Crippen molar-refractivity contribution >= 4 is 5.97 Å². The second-order valence-corrected chi connectivity index (χ2v) is 6.94. The molecule has 2 nitrogen and oxygen atoms in total. The van der Waals surface area contributed by atoms with Crippen LogP contribution in [0.3, 0.4) is 0 Å². The second-order valence-electron chi connectivity index (χ2n) is 6.94. The van der Waals surface area contributed by atoms with Crippen LogP contribution in [0.2, 0.25) is 0 Å². The lowest BCUT2D eigenvalue weighted by molar-refractivity contribution is 0.0253. The number of hydrogen-bond donors (Lipinski definition) is 0. The molecule has 1 unspecified atom stereocenters. The average molecular weight is 351 g/mol. The Labute approximate surface area is 153 Å². The van der Waals surface area contributed by atoms with Crippen molar-refractivity contribution in [1.82, 2.24) is 0 Å². The lowest BCUT2D eigenvalue weighted by Crippen LogP contribution is -2.18. The summed E-state index contributed by atoms with van der Waals surface area (Å²) < 4.78 is 18.6. The van der Waals surface area contributed by atoms with Crippen LogP contribution in [-0.2, 0) is 4.74 Å². The van der Waals surface area contributed by atoms with Gasteiger partial charge in [-0.15, -0.1) is 0 Å². The number of carbonyl (C=O) groups is 1. The van der Waals surface area contributed by atoms with Crippen LogP contribution in [0.15, 0.2) is 24.3 Å². The predicted octanol–water partition coefficient (Wildman–Crippen LogP) is 7.07. The van der Waals surface area contributed by atoms with Crippen LogP contribution in [0.1, 0.15) is 101 Å². The van der Waals surface area contributed by atoms with E-state index in [0.717, 1.165) is 25.7 Å². The largest absolute Gasteiger partial charge is 0.459 e. The van der Waals surface area contributed by atoms with E-state index in [0.29, 0.717) is 5.56 Å². The summed E-state index contributed by atoms with van der Waals surface area (Å²) in [6.45, 7) is 4.35. The summed E-state index contributed by atoms with van der Waals surface area (Å²) in [6.07, 6.45) is 14.4. The molecular formula is C22H35FO2. The first-order chi connectivity index (χ1) is 12.2. The van der Waals surface area contributed by atoms with E-state index >= 15 is 0 Å². The first kappa shape index (κ1) is 21.7. The Kier molecular flexibility index (Phi) is 12.0. The van der Waals surface area contributed by atoms with E-state index in [1.165, 1.54) is 75.6 Å². The molecule has 0 aliphatic heterocycles. The summed E-state index contributed by atoms with van der Waals surface area (Å²) in [7, 11) is 0. The van der Waals surface area contributed by atoms with Crippen LogP contribution in [-0.4, -0.2) is 12.1 Å². The topological polar surface area (TPSA) is 26.3 Å². The van der Waals surface area contributed by atoms with E-state index < -0.39 is 0 Å². The molecule has 1 rings (SSSR count). The van der Waals surface area contributed by atoms with Gasteiger partial charge in [0.15, 0.2) is 0 Å². The summed E-state index contributed by atoms with van der Waals surface area (Å²) in [5, 5.41) is 0. The Morgan fingerprint density at radius 2 is 1.40 bits per heavy atom. The van der Waals surface area contributed by atoms with Crippen LogP contribution in [0.25, 0.3) is 0 Å². The second kappa shape index (κ2) is 13.9. The molecule has 0 saturated heterocycles. The summed E-state index contributed by atoms with van der Waals surface area (Å²) in [6, 6.07) is 5.57. The lowest BCUT2D eigenvalue weighted by Gasteiger charge is -2.17. The standard InChI is InChI=1S/C22H35FO2/c1-3-5-6-7-8-9-10-11-12-14-21(13-4-2)25-22(24)19-15-17-20(23)18-16-19/h15-18,21H,3-14H2,1-2H3. The monoisotopic (exact) mass is 350 g/mol. The number of halogens is 1. The zero-order chi connectivity index (χ0) is 18.3. The number of unbranched alkanes of at least 4 members (excludes halogenated alkanes) is 8. The molecule has 0 spiro atoms. The van der Waals surface area contributed by atoms with Crippen molar-refractivity contribution in [3.05, 3.63) is 35.6 Å². The van der Waals surface area contributed by atoms with Gasteiger partial charge in [-0.1, -0.05) is 71.6 Å². The Hall–Kier alpha value is -1.38. The third-order valence-corrected chi connectivity index (χ3v) is 4.59. The molecule has 3 heteroatoms. The minimum Gasteiger partial charge on any atom is -0.459 e. The smallest absolute Gasteiger partial charge is 0.338 e. The zero-order valence-corrected chi connectivity index (χ0v) is 16.1. The fourth-order valence-corrected chi connectivity index (χ4v) is 3.07. The van der Waals surface area contributed by atoms with E-state index in [4.69, 9.17) is 4.74 Å². The number of esters is 1. The van der Waals surface area contributed by atoms with Gasteiger partial charge in [0, 0.05) is 0 Å². The van der Waals surface area contributed by atoms with Crippen LogP contribution < -0.4 is 0 Å². The van der Waals surface area contributed by atoms with Crippen molar-refractivity contribution in [1.29, 1.82) is 0 Å².